The highest BCUT2D eigenvalue weighted by atomic mass is 16.5. The zero-order valence-electron chi connectivity index (χ0n) is 22.7. The summed E-state index contributed by atoms with van der Waals surface area (Å²) in [5, 5.41) is 3.08. The van der Waals surface area contributed by atoms with Crippen LogP contribution in [0.2, 0.25) is 0 Å². The number of fused-ring (bicyclic) bond motifs is 1. The number of carbonyl (C=O) groups excluding carboxylic acids is 2. The van der Waals surface area contributed by atoms with Crippen LogP contribution in [0.15, 0.2) is 66.7 Å². The third-order valence-electron chi connectivity index (χ3n) is 6.76. The van der Waals surface area contributed by atoms with E-state index < -0.39 is 0 Å². The average molecular weight is 516 g/mol. The lowest BCUT2D eigenvalue weighted by atomic mass is 9.99. The molecule has 2 amide bonds. The van der Waals surface area contributed by atoms with Gasteiger partial charge in [-0.2, -0.15) is 0 Å². The van der Waals surface area contributed by atoms with E-state index in [4.69, 9.17) is 9.47 Å². The highest BCUT2D eigenvalue weighted by Crippen LogP contribution is 2.33. The van der Waals surface area contributed by atoms with Crippen LogP contribution >= 0.6 is 0 Å². The molecule has 0 radical (unpaired) electrons. The number of methoxy groups -OCH3 is 2. The van der Waals surface area contributed by atoms with Gasteiger partial charge in [0.25, 0.3) is 11.8 Å². The Morgan fingerprint density at radius 3 is 2.29 bits per heavy atom. The standard InChI is InChI=1S/C31H37N3O4/c1-22(2)20-34(31(36)23-10-6-5-7-11-23)27-13-9-8-12-26(27)30(35)32-15-17-33-16-14-24-18-28(37-3)29(38-4)19-25(24)21-33/h5-13,18-19,22H,14-17,20-21H2,1-4H3,(H,32,35). The largest absolute Gasteiger partial charge is 0.493 e. The van der Waals surface area contributed by atoms with Gasteiger partial charge in [-0.15, -0.1) is 0 Å². The topological polar surface area (TPSA) is 71.1 Å². The first-order valence-corrected chi connectivity index (χ1v) is 13.1. The third kappa shape index (κ3) is 6.34. The minimum Gasteiger partial charge on any atom is -0.493 e. The van der Waals surface area contributed by atoms with Gasteiger partial charge in [-0.3, -0.25) is 14.5 Å². The molecule has 1 heterocycles. The monoisotopic (exact) mass is 515 g/mol. The van der Waals surface area contributed by atoms with Crippen molar-refractivity contribution in [2.75, 3.05) is 45.3 Å². The lowest BCUT2D eigenvalue weighted by Gasteiger charge is -2.29. The summed E-state index contributed by atoms with van der Waals surface area (Å²) in [6.07, 6.45) is 0.915. The van der Waals surface area contributed by atoms with Crippen LogP contribution in [0.5, 0.6) is 11.5 Å². The molecular weight excluding hydrogens is 478 g/mol. The van der Waals surface area contributed by atoms with E-state index in [0.717, 1.165) is 37.6 Å². The number of ether oxygens (including phenoxy) is 2. The predicted molar refractivity (Wildman–Crippen MR) is 150 cm³/mol. The molecule has 0 unspecified atom stereocenters. The van der Waals surface area contributed by atoms with Gasteiger partial charge < -0.3 is 19.7 Å². The number of rotatable bonds is 10. The van der Waals surface area contributed by atoms with Gasteiger partial charge in [0.05, 0.1) is 25.5 Å². The van der Waals surface area contributed by atoms with Crippen molar-refractivity contribution in [1.29, 1.82) is 0 Å². The summed E-state index contributed by atoms with van der Waals surface area (Å²) in [5.74, 6) is 1.42. The predicted octanol–water partition coefficient (Wildman–Crippen LogP) is 4.79. The van der Waals surface area contributed by atoms with E-state index in [1.165, 1.54) is 11.1 Å². The van der Waals surface area contributed by atoms with Crippen molar-refractivity contribution >= 4 is 17.5 Å². The zero-order chi connectivity index (χ0) is 27.1. The van der Waals surface area contributed by atoms with Crippen molar-refractivity contribution < 1.29 is 19.1 Å². The number of amides is 2. The molecular formula is C31H37N3O4. The summed E-state index contributed by atoms with van der Waals surface area (Å²) in [6.45, 7) is 7.57. The number of hydrogen-bond donors (Lipinski definition) is 1. The Bertz CT molecular complexity index is 1260. The Hall–Kier alpha value is -3.84. The number of carbonyl (C=O) groups is 2. The number of hydrogen-bond acceptors (Lipinski definition) is 5. The Morgan fingerprint density at radius 1 is 0.947 bits per heavy atom. The fraction of sp³-hybridized carbons (Fsp3) is 0.355. The van der Waals surface area contributed by atoms with Crippen LogP contribution in [0.3, 0.4) is 0 Å². The van der Waals surface area contributed by atoms with Crippen LogP contribution < -0.4 is 19.7 Å². The van der Waals surface area contributed by atoms with Crippen molar-refractivity contribution in [3.8, 4) is 11.5 Å². The van der Waals surface area contributed by atoms with Gasteiger partial charge in [0, 0.05) is 38.3 Å². The van der Waals surface area contributed by atoms with Gasteiger partial charge >= 0.3 is 0 Å². The van der Waals surface area contributed by atoms with Crippen molar-refractivity contribution in [3.05, 3.63) is 89.0 Å². The average Bonchev–Trinajstić information content (AvgIpc) is 2.95. The third-order valence-corrected chi connectivity index (χ3v) is 6.76. The molecule has 3 aromatic rings. The minimum absolute atomic E-state index is 0.112. The zero-order valence-corrected chi connectivity index (χ0v) is 22.7. The summed E-state index contributed by atoms with van der Waals surface area (Å²) < 4.78 is 10.9. The number of nitrogens with zero attached hydrogens (tertiary/aromatic N) is 2. The maximum Gasteiger partial charge on any atom is 0.258 e. The molecule has 0 aliphatic carbocycles. The van der Waals surface area contributed by atoms with Gasteiger partial charge in [0.2, 0.25) is 0 Å². The highest BCUT2D eigenvalue weighted by Gasteiger charge is 2.24. The molecule has 0 spiro atoms. The smallest absolute Gasteiger partial charge is 0.258 e. The molecule has 7 nitrogen and oxygen atoms in total. The number of benzene rings is 3. The van der Waals surface area contributed by atoms with Crippen LogP contribution in [0.4, 0.5) is 5.69 Å². The summed E-state index contributed by atoms with van der Waals surface area (Å²) in [6, 6.07) is 20.6. The molecule has 0 bridgehead atoms. The van der Waals surface area contributed by atoms with Crippen LogP contribution in [0.1, 0.15) is 45.7 Å². The lowest BCUT2D eigenvalue weighted by molar-refractivity contribution is 0.0947. The van der Waals surface area contributed by atoms with Crippen LogP contribution in [-0.2, 0) is 13.0 Å². The van der Waals surface area contributed by atoms with Crippen molar-refractivity contribution in [3.63, 3.8) is 0 Å². The molecule has 38 heavy (non-hydrogen) atoms. The number of nitrogens with one attached hydrogen (secondary N) is 1. The Kier molecular flexibility index (Phi) is 9.02. The van der Waals surface area contributed by atoms with Crippen molar-refractivity contribution in [2.45, 2.75) is 26.8 Å². The highest BCUT2D eigenvalue weighted by molar-refractivity contribution is 6.10. The molecule has 7 heteroatoms. The van der Waals surface area contributed by atoms with E-state index in [0.29, 0.717) is 29.9 Å². The Morgan fingerprint density at radius 2 is 1.61 bits per heavy atom. The van der Waals surface area contributed by atoms with E-state index >= 15 is 0 Å². The Labute approximate surface area is 225 Å². The van der Waals surface area contributed by atoms with Crippen LogP contribution in [0, 0.1) is 5.92 Å². The second-order valence-electron chi connectivity index (χ2n) is 9.95. The van der Waals surface area contributed by atoms with E-state index in [2.05, 4.69) is 30.1 Å². The second-order valence-corrected chi connectivity index (χ2v) is 9.95. The van der Waals surface area contributed by atoms with E-state index in [1.807, 2.05) is 42.5 Å². The molecule has 200 valence electrons. The summed E-state index contributed by atoms with van der Waals surface area (Å²) in [4.78, 5) is 30.8. The number of anilines is 1. The molecule has 1 aliphatic heterocycles. The molecule has 0 saturated heterocycles. The Balaban J connectivity index is 1.43. The van der Waals surface area contributed by atoms with Gasteiger partial charge in [-0.05, 0) is 59.9 Å². The first kappa shape index (κ1) is 27.2. The molecule has 0 saturated carbocycles. The van der Waals surface area contributed by atoms with Crippen molar-refractivity contribution in [1.82, 2.24) is 10.2 Å². The van der Waals surface area contributed by atoms with Gasteiger partial charge in [0.15, 0.2) is 11.5 Å². The van der Waals surface area contributed by atoms with E-state index in [9.17, 15) is 9.59 Å². The van der Waals surface area contributed by atoms with Gasteiger partial charge in [-0.25, -0.2) is 0 Å². The summed E-state index contributed by atoms with van der Waals surface area (Å²) in [5.41, 5.74) is 4.21. The molecule has 0 atom stereocenters. The minimum atomic E-state index is -0.181. The van der Waals surface area contributed by atoms with Crippen molar-refractivity contribution in [2.24, 2.45) is 5.92 Å². The van der Waals surface area contributed by atoms with Crippen LogP contribution in [0.25, 0.3) is 0 Å². The molecule has 4 rings (SSSR count). The number of para-hydroxylation sites is 1. The second kappa shape index (κ2) is 12.6. The summed E-state index contributed by atoms with van der Waals surface area (Å²) >= 11 is 0. The van der Waals surface area contributed by atoms with Gasteiger partial charge in [0.1, 0.15) is 0 Å². The molecule has 3 aromatic carbocycles. The fourth-order valence-electron chi connectivity index (χ4n) is 4.85. The van der Waals surface area contributed by atoms with E-state index in [1.54, 1.807) is 37.3 Å². The first-order chi connectivity index (χ1) is 18.4. The summed E-state index contributed by atoms with van der Waals surface area (Å²) in [7, 11) is 3.30. The normalized spacial score (nSPS) is 13.1. The maximum absolute atomic E-state index is 13.4. The quantitative estimate of drug-likeness (QED) is 0.420. The SMILES string of the molecule is COc1cc2c(cc1OC)CN(CCNC(=O)c1ccccc1N(CC(C)C)C(=O)c1ccccc1)CC2. The van der Waals surface area contributed by atoms with Gasteiger partial charge in [-0.1, -0.05) is 44.2 Å². The first-order valence-electron chi connectivity index (χ1n) is 13.1. The molecule has 0 fully saturated rings. The van der Waals surface area contributed by atoms with Crippen LogP contribution in [-0.4, -0.2) is 57.1 Å². The molecule has 1 aliphatic rings. The molecule has 0 aromatic heterocycles. The van der Waals surface area contributed by atoms with E-state index in [-0.39, 0.29) is 17.7 Å². The maximum atomic E-state index is 13.4. The fourth-order valence-corrected chi connectivity index (χ4v) is 4.85. The molecule has 1 N–H and O–H groups in total. The lowest BCUT2D eigenvalue weighted by Crippen LogP contribution is -2.39.